The summed E-state index contributed by atoms with van der Waals surface area (Å²) in [5.41, 5.74) is -2.04. The zero-order valence-corrected chi connectivity index (χ0v) is 18.3. The second-order valence-corrected chi connectivity index (χ2v) is 9.27. The van der Waals surface area contributed by atoms with E-state index < -0.39 is 29.0 Å². The van der Waals surface area contributed by atoms with Crippen molar-refractivity contribution in [2.75, 3.05) is 0 Å². The second kappa shape index (κ2) is 7.70. The van der Waals surface area contributed by atoms with Crippen LogP contribution in [0.4, 0.5) is 4.39 Å². The molecule has 0 unspecified atom stereocenters. The number of halogens is 2. The molecule has 0 fully saturated rings. The van der Waals surface area contributed by atoms with Crippen molar-refractivity contribution in [1.29, 1.82) is 0 Å². The fraction of sp³-hybridized carbons (Fsp3) is 0.429. The van der Waals surface area contributed by atoms with Crippen molar-refractivity contribution in [3.63, 3.8) is 0 Å². The van der Waals surface area contributed by atoms with Crippen LogP contribution in [0.2, 0.25) is 0 Å². The van der Waals surface area contributed by atoms with Crippen LogP contribution in [-0.4, -0.2) is 29.0 Å². The third-order valence-electron chi connectivity index (χ3n) is 3.36. The van der Waals surface area contributed by atoms with Crippen molar-refractivity contribution in [1.82, 2.24) is 0 Å². The molecule has 0 N–H and O–H groups in total. The maximum atomic E-state index is 15.6. The van der Waals surface area contributed by atoms with E-state index in [0.29, 0.717) is 0 Å². The van der Waals surface area contributed by atoms with E-state index in [4.69, 9.17) is 14.2 Å². The summed E-state index contributed by atoms with van der Waals surface area (Å²) < 4.78 is 31.9. The number of benzene rings is 2. The summed E-state index contributed by atoms with van der Waals surface area (Å²) in [6.07, 6.45) is 0. The maximum absolute atomic E-state index is 15.6. The molecule has 2 aromatic rings. The number of esters is 2. The molecule has 2 rings (SSSR count). The van der Waals surface area contributed by atoms with Gasteiger partial charge in [0.25, 0.3) is 0 Å². The Bertz CT molecular complexity index is 868. The Morgan fingerprint density at radius 2 is 1.29 bits per heavy atom. The Kier molecular flexibility index (Phi) is 6.09. The minimum absolute atomic E-state index is 0.00552. The number of alkyl halides is 1. The van der Waals surface area contributed by atoms with Gasteiger partial charge in [-0.3, -0.25) is 0 Å². The molecule has 5 nitrogen and oxygen atoms in total. The lowest BCUT2D eigenvalue weighted by Crippen LogP contribution is -2.53. The molecule has 0 spiro atoms. The standard InChI is InChI=1S/C21H24BrFO5/c1-19(2,3)27-17(24)21(23,18(25)28-20(4,5)6)26-16-10-8-13-11-15(22)9-7-14(13)12-16/h7-12H,1-6H3. The number of ether oxygens (including phenoxy) is 3. The molecule has 0 atom stereocenters. The molecule has 2 aromatic carbocycles. The third kappa shape index (κ3) is 5.67. The van der Waals surface area contributed by atoms with Gasteiger partial charge in [-0.2, -0.15) is 4.39 Å². The number of hydrogen-bond acceptors (Lipinski definition) is 5. The zero-order chi connectivity index (χ0) is 21.3. The quantitative estimate of drug-likeness (QED) is 0.461. The largest absolute Gasteiger partial charge is 0.454 e. The van der Waals surface area contributed by atoms with Crippen molar-refractivity contribution in [2.45, 2.75) is 58.6 Å². The van der Waals surface area contributed by atoms with Gasteiger partial charge in [0.1, 0.15) is 17.0 Å². The number of carbonyl (C=O) groups is 2. The van der Waals surface area contributed by atoms with Crippen LogP contribution in [0.5, 0.6) is 5.75 Å². The van der Waals surface area contributed by atoms with E-state index in [1.165, 1.54) is 12.1 Å². The van der Waals surface area contributed by atoms with Gasteiger partial charge in [0.15, 0.2) is 0 Å². The van der Waals surface area contributed by atoms with Gasteiger partial charge in [-0.05, 0) is 76.6 Å². The van der Waals surface area contributed by atoms with Crippen LogP contribution in [0.1, 0.15) is 41.5 Å². The van der Waals surface area contributed by atoms with Crippen molar-refractivity contribution < 1.29 is 28.2 Å². The number of rotatable bonds is 4. The predicted molar refractivity (Wildman–Crippen MR) is 108 cm³/mol. The molecule has 28 heavy (non-hydrogen) atoms. The van der Waals surface area contributed by atoms with E-state index in [2.05, 4.69) is 15.9 Å². The van der Waals surface area contributed by atoms with E-state index in [0.717, 1.165) is 15.2 Å². The molecule has 152 valence electrons. The lowest BCUT2D eigenvalue weighted by atomic mass is 10.1. The van der Waals surface area contributed by atoms with Crippen LogP contribution in [0.25, 0.3) is 10.8 Å². The van der Waals surface area contributed by atoms with E-state index in [-0.39, 0.29) is 5.75 Å². The normalized spacial score (nSPS) is 12.6. The van der Waals surface area contributed by atoms with E-state index in [1.807, 2.05) is 12.1 Å². The van der Waals surface area contributed by atoms with E-state index >= 15 is 4.39 Å². The Hall–Kier alpha value is -2.15. The third-order valence-corrected chi connectivity index (χ3v) is 3.85. The summed E-state index contributed by atoms with van der Waals surface area (Å²) in [6, 6.07) is 10.2. The molecule has 0 saturated carbocycles. The Morgan fingerprint density at radius 1 is 0.821 bits per heavy atom. The first kappa shape index (κ1) is 22.1. The van der Waals surface area contributed by atoms with Crippen LogP contribution in [0.3, 0.4) is 0 Å². The van der Waals surface area contributed by atoms with Gasteiger partial charge in [0.2, 0.25) is 0 Å². The highest BCUT2D eigenvalue weighted by atomic mass is 79.9. The Labute approximate surface area is 172 Å². The minimum atomic E-state index is -3.44. The summed E-state index contributed by atoms with van der Waals surface area (Å²) in [5.74, 6) is -6.38. The SMILES string of the molecule is CC(C)(C)OC(=O)C(F)(Oc1ccc2cc(Br)ccc2c1)C(=O)OC(C)(C)C. The minimum Gasteiger partial charge on any atom is -0.454 e. The van der Waals surface area contributed by atoms with Gasteiger partial charge in [0, 0.05) is 4.47 Å². The molecule has 0 aromatic heterocycles. The van der Waals surface area contributed by atoms with Gasteiger partial charge in [-0.15, -0.1) is 0 Å². The highest BCUT2D eigenvalue weighted by molar-refractivity contribution is 9.10. The molecule has 0 aliphatic carbocycles. The fourth-order valence-electron chi connectivity index (χ4n) is 2.27. The number of carbonyl (C=O) groups excluding carboxylic acids is 2. The van der Waals surface area contributed by atoms with Crippen LogP contribution in [0.15, 0.2) is 40.9 Å². The second-order valence-electron chi connectivity index (χ2n) is 8.35. The first-order valence-electron chi connectivity index (χ1n) is 8.74. The highest BCUT2D eigenvalue weighted by Crippen LogP contribution is 2.30. The Morgan fingerprint density at radius 3 is 1.79 bits per heavy atom. The van der Waals surface area contributed by atoms with Crippen molar-refractivity contribution in [3.8, 4) is 5.75 Å². The van der Waals surface area contributed by atoms with Crippen molar-refractivity contribution in [2.24, 2.45) is 0 Å². The van der Waals surface area contributed by atoms with E-state index in [1.54, 1.807) is 53.7 Å². The highest BCUT2D eigenvalue weighted by Gasteiger charge is 2.55. The molecule has 0 amide bonds. The first-order chi connectivity index (χ1) is 12.7. The van der Waals surface area contributed by atoms with Crippen LogP contribution in [0, 0.1) is 0 Å². The monoisotopic (exact) mass is 454 g/mol. The van der Waals surface area contributed by atoms with Crippen molar-refractivity contribution in [3.05, 3.63) is 40.9 Å². The number of fused-ring (bicyclic) bond motifs is 1. The molecule has 0 radical (unpaired) electrons. The summed E-state index contributed by atoms with van der Waals surface area (Å²) in [7, 11) is 0. The first-order valence-corrected chi connectivity index (χ1v) is 9.53. The lowest BCUT2D eigenvalue weighted by Gasteiger charge is -2.29. The van der Waals surface area contributed by atoms with Crippen LogP contribution >= 0.6 is 15.9 Å². The molecule has 0 saturated heterocycles. The molecule has 7 heteroatoms. The van der Waals surface area contributed by atoms with Crippen LogP contribution < -0.4 is 4.74 Å². The molecule has 0 heterocycles. The molecule has 0 aliphatic rings. The predicted octanol–water partition coefficient (Wildman–Crippen LogP) is 5.33. The van der Waals surface area contributed by atoms with Gasteiger partial charge < -0.3 is 14.2 Å². The smallest absolute Gasteiger partial charge is 0.444 e. The topological polar surface area (TPSA) is 61.8 Å². The lowest BCUT2D eigenvalue weighted by molar-refractivity contribution is -0.211. The van der Waals surface area contributed by atoms with E-state index in [9.17, 15) is 9.59 Å². The Balaban J connectivity index is 2.42. The molecule has 0 bridgehead atoms. The summed E-state index contributed by atoms with van der Waals surface area (Å²) in [4.78, 5) is 25.0. The molecular formula is C21H24BrFO5. The van der Waals surface area contributed by atoms with Crippen LogP contribution in [-0.2, 0) is 19.1 Å². The summed E-state index contributed by atoms with van der Waals surface area (Å²) in [6.45, 7) is 9.38. The zero-order valence-electron chi connectivity index (χ0n) is 16.8. The molecule has 0 aliphatic heterocycles. The van der Waals surface area contributed by atoms with Gasteiger partial charge in [0.05, 0.1) is 0 Å². The summed E-state index contributed by atoms with van der Waals surface area (Å²) in [5, 5.41) is 1.62. The fourth-order valence-corrected chi connectivity index (χ4v) is 2.65. The number of hydrogen-bond donors (Lipinski definition) is 0. The van der Waals surface area contributed by atoms with Gasteiger partial charge in [-0.25, -0.2) is 9.59 Å². The average molecular weight is 455 g/mol. The van der Waals surface area contributed by atoms with Gasteiger partial charge >= 0.3 is 17.8 Å². The molecular weight excluding hydrogens is 431 g/mol. The summed E-state index contributed by atoms with van der Waals surface area (Å²) >= 11 is 3.38. The van der Waals surface area contributed by atoms with Crippen molar-refractivity contribution >= 4 is 38.6 Å². The maximum Gasteiger partial charge on any atom is 0.444 e. The average Bonchev–Trinajstić information content (AvgIpc) is 2.51. The van der Waals surface area contributed by atoms with Gasteiger partial charge in [-0.1, -0.05) is 28.1 Å².